The van der Waals surface area contributed by atoms with Crippen molar-refractivity contribution < 1.29 is 9.72 Å². The van der Waals surface area contributed by atoms with E-state index < -0.39 is 22.4 Å². The predicted molar refractivity (Wildman–Crippen MR) is 72.8 cm³/mol. The summed E-state index contributed by atoms with van der Waals surface area (Å²) in [6, 6.07) is 0.536. The molecule has 2 aromatic rings. The summed E-state index contributed by atoms with van der Waals surface area (Å²) < 4.78 is 0. The van der Waals surface area contributed by atoms with Gasteiger partial charge in [0.15, 0.2) is 0 Å². The number of hydrogen-bond donors (Lipinski definition) is 3. The zero-order chi connectivity index (χ0) is 15.4. The molecule has 3 N–H and O–H groups in total. The van der Waals surface area contributed by atoms with E-state index in [2.05, 4.69) is 20.3 Å². The fourth-order valence-electron chi connectivity index (χ4n) is 1.81. The van der Waals surface area contributed by atoms with Crippen LogP contribution < -0.4 is 10.9 Å². The standard InChI is InChI=1S/C12H13N5O4/c1-2-9(10-13-3-4-14-10)16-12(19)8-5-7(17(20)21)6-15-11(8)18/h3-6,9H,2H2,1H3,(H,13,14)(H,15,18)(H,16,19). The van der Waals surface area contributed by atoms with E-state index in [9.17, 15) is 19.7 Å². The third-order valence-electron chi connectivity index (χ3n) is 2.91. The number of nitrogens with zero attached hydrogens (tertiary/aromatic N) is 2. The lowest BCUT2D eigenvalue weighted by Crippen LogP contribution is -2.33. The number of hydrogen-bond acceptors (Lipinski definition) is 5. The van der Waals surface area contributed by atoms with Crippen molar-refractivity contribution in [3.63, 3.8) is 0 Å². The van der Waals surface area contributed by atoms with Gasteiger partial charge in [0.25, 0.3) is 17.2 Å². The number of aromatic amines is 2. The monoisotopic (exact) mass is 291 g/mol. The minimum absolute atomic E-state index is 0.311. The highest BCUT2D eigenvalue weighted by atomic mass is 16.6. The topological polar surface area (TPSA) is 134 Å². The molecule has 0 radical (unpaired) electrons. The molecule has 0 aliphatic carbocycles. The molecule has 2 heterocycles. The number of rotatable bonds is 5. The number of pyridine rings is 1. The van der Waals surface area contributed by atoms with Gasteiger partial charge in [-0.3, -0.25) is 19.7 Å². The van der Waals surface area contributed by atoms with E-state index in [0.29, 0.717) is 12.2 Å². The Balaban J connectivity index is 2.26. The molecule has 0 aliphatic rings. The normalized spacial score (nSPS) is 11.9. The maximum atomic E-state index is 12.1. The van der Waals surface area contributed by atoms with Crippen LogP contribution in [0, 0.1) is 10.1 Å². The highest BCUT2D eigenvalue weighted by Gasteiger charge is 2.20. The van der Waals surface area contributed by atoms with Crippen LogP contribution in [0.25, 0.3) is 0 Å². The van der Waals surface area contributed by atoms with Crippen molar-refractivity contribution in [2.45, 2.75) is 19.4 Å². The third kappa shape index (κ3) is 3.14. The van der Waals surface area contributed by atoms with Crippen LogP contribution in [0.5, 0.6) is 0 Å². The SMILES string of the molecule is CCC(NC(=O)c1cc([N+](=O)[O-])c[nH]c1=O)c1ncc[nH]1. The predicted octanol–water partition coefficient (Wildman–Crippen LogP) is 0.887. The molecule has 0 saturated heterocycles. The number of carbonyl (C=O) groups is 1. The molecule has 0 saturated carbocycles. The lowest BCUT2D eigenvalue weighted by Gasteiger charge is -2.14. The van der Waals surface area contributed by atoms with E-state index >= 15 is 0 Å². The van der Waals surface area contributed by atoms with Gasteiger partial charge in [0.1, 0.15) is 11.4 Å². The van der Waals surface area contributed by atoms with Crippen molar-refractivity contribution in [3.05, 3.63) is 56.5 Å². The van der Waals surface area contributed by atoms with Crippen molar-refractivity contribution in [3.8, 4) is 0 Å². The summed E-state index contributed by atoms with van der Waals surface area (Å²) in [5.41, 5.74) is -1.35. The summed E-state index contributed by atoms with van der Waals surface area (Å²) in [6.45, 7) is 1.84. The number of aromatic nitrogens is 3. The lowest BCUT2D eigenvalue weighted by atomic mass is 10.2. The van der Waals surface area contributed by atoms with E-state index in [1.165, 1.54) is 0 Å². The second-order valence-corrected chi connectivity index (χ2v) is 4.27. The van der Waals surface area contributed by atoms with Gasteiger partial charge in [0.2, 0.25) is 0 Å². The molecular weight excluding hydrogens is 278 g/mol. The van der Waals surface area contributed by atoms with Crippen LogP contribution in [0.3, 0.4) is 0 Å². The molecule has 2 aromatic heterocycles. The second-order valence-electron chi connectivity index (χ2n) is 4.27. The van der Waals surface area contributed by atoms with Crippen molar-refractivity contribution in [2.24, 2.45) is 0 Å². The Hall–Kier alpha value is -2.97. The Bertz CT molecular complexity index is 707. The molecule has 9 nitrogen and oxygen atoms in total. The zero-order valence-electron chi connectivity index (χ0n) is 11.1. The van der Waals surface area contributed by atoms with E-state index in [-0.39, 0.29) is 11.3 Å². The van der Waals surface area contributed by atoms with Gasteiger partial charge in [-0.05, 0) is 6.42 Å². The summed E-state index contributed by atoms with van der Waals surface area (Å²) in [4.78, 5) is 42.8. The minimum atomic E-state index is -0.691. The molecular formula is C12H13N5O4. The van der Waals surface area contributed by atoms with Crippen molar-refractivity contribution in [2.75, 3.05) is 0 Å². The van der Waals surface area contributed by atoms with Crippen LogP contribution in [-0.4, -0.2) is 25.8 Å². The fourth-order valence-corrected chi connectivity index (χ4v) is 1.81. The van der Waals surface area contributed by atoms with Crippen molar-refractivity contribution in [1.29, 1.82) is 0 Å². The summed E-state index contributed by atoms with van der Waals surface area (Å²) in [5.74, 6) is -0.143. The van der Waals surface area contributed by atoms with E-state index in [4.69, 9.17) is 0 Å². The average molecular weight is 291 g/mol. The van der Waals surface area contributed by atoms with Crippen LogP contribution >= 0.6 is 0 Å². The maximum Gasteiger partial charge on any atom is 0.286 e. The first-order valence-electron chi connectivity index (χ1n) is 6.20. The van der Waals surface area contributed by atoms with E-state index in [1.807, 2.05) is 6.92 Å². The summed E-state index contributed by atoms with van der Waals surface area (Å²) in [7, 11) is 0. The lowest BCUT2D eigenvalue weighted by molar-refractivity contribution is -0.385. The van der Waals surface area contributed by atoms with Crippen LogP contribution in [0.15, 0.2) is 29.5 Å². The van der Waals surface area contributed by atoms with Gasteiger partial charge in [-0.1, -0.05) is 6.92 Å². The van der Waals surface area contributed by atoms with Gasteiger partial charge in [-0.15, -0.1) is 0 Å². The quantitative estimate of drug-likeness (QED) is 0.555. The Labute approximate surface area is 118 Å². The van der Waals surface area contributed by atoms with Crippen molar-refractivity contribution >= 4 is 11.6 Å². The first-order chi connectivity index (χ1) is 10.0. The van der Waals surface area contributed by atoms with E-state index in [1.54, 1.807) is 12.4 Å². The molecule has 0 aliphatic heterocycles. The first-order valence-corrected chi connectivity index (χ1v) is 6.20. The number of nitrogens with one attached hydrogen (secondary N) is 3. The number of carbonyl (C=O) groups excluding carboxylic acids is 1. The number of nitro groups is 1. The Morgan fingerprint density at radius 2 is 2.29 bits per heavy atom. The van der Waals surface area contributed by atoms with Crippen molar-refractivity contribution in [1.82, 2.24) is 20.3 Å². The molecule has 21 heavy (non-hydrogen) atoms. The molecule has 1 amide bonds. The van der Waals surface area contributed by atoms with Crippen LogP contribution in [0.1, 0.15) is 35.6 Å². The first kappa shape index (κ1) is 14.4. The molecule has 2 rings (SSSR count). The van der Waals surface area contributed by atoms with Crippen LogP contribution in [-0.2, 0) is 0 Å². The number of amides is 1. The highest BCUT2D eigenvalue weighted by Crippen LogP contribution is 2.13. The summed E-state index contributed by atoms with van der Waals surface area (Å²) >= 11 is 0. The molecule has 110 valence electrons. The molecule has 9 heteroatoms. The zero-order valence-corrected chi connectivity index (χ0v) is 11.1. The molecule has 0 bridgehead atoms. The largest absolute Gasteiger partial charge is 0.347 e. The highest BCUT2D eigenvalue weighted by molar-refractivity contribution is 5.94. The minimum Gasteiger partial charge on any atom is -0.347 e. The molecule has 1 unspecified atom stereocenters. The van der Waals surface area contributed by atoms with E-state index in [0.717, 1.165) is 12.3 Å². The van der Waals surface area contributed by atoms with Crippen LogP contribution in [0.4, 0.5) is 5.69 Å². The van der Waals surface area contributed by atoms with Gasteiger partial charge in [-0.2, -0.15) is 0 Å². The van der Waals surface area contributed by atoms with Gasteiger partial charge < -0.3 is 15.3 Å². The Morgan fingerprint density at radius 1 is 1.52 bits per heavy atom. The molecule has 0 spiro atoms. The summed E-state index contributed by atoms with van der Waals surface area (Å²) in [5, 5.41) is 13.3. The second kappa shape index (κ2) is 5.99. The fraction of sp³-hybridized carbons (Fsp3) is 0.250. The smallest absolute Gasteiger partial charge is 0.286 e. The molecule has 1 atom stereocenters. The Kier molecular flexibility index (Phi) is 4.12. The molecule has 0 aromatic carbocycles. The number of H-pyrrole nitrogens is 2. The van der Waals surface area contributed by atoms with Gasteiger partial charge in [0.05, 0.1) is 17.2 Å². The van der Waals surface area contributed by atoms with Crippen LogP contribution in [0.2, 0.25) is 0 Å². The summed E-state index contributed by atoms with van der Waals surface area (Å²) in [6.07, 6.45) is 4.66. The third-order valence-corrected chi connectivity index (χ3v) is 2.91. The number of imidazole rings is 1. The average Bonchev–Trinajstić information content (AvgIpc) is 2.98. The molecule has 0 fully saturated rings. The van der Waals surface area contributed by atoms with Gasteiger partial charge in [0, 0.05) is 18.5 Å². The maximum absolute atomic E-state index is 12.1. The van der Waals surface area contributed by atoms with Gasteiger partial charge in [-0.25, -0.2) is 4.98 Å². The van der Waals surface area contributed by atoms with Gasteiger partial charge >= 0.3 is 0 Å². The Morgan fingerprint density at radius 3 is 2.86 bits per heavy atom.